The molecule has 0 spiro atoms. The number of hydrogen-bond acceptors (Lipinski definition) is 7. The molecule has 0 bridgehead atoms. The molecular weight excluding hydrogens is 420 g/mol. The maximum absolute atomic E-state index is 12.3. The average Bonchev–Trinajstić information content (AvgIpc) is 2.75. The molecule has 0 aliphatic carbocycles. The van der Waals surface area contributed by atoms with Crippen LogP contribution in [0.2, 0.25) is 0 Å². The number of carboxylic acid groups (broad SMARTS) is 1. The number of ether oxygens (including phenoxy) is 2. The van der Waals surface area contributed by atoms with E-state index in [9.17, 15) is 29.1 Å². The number of rotatable bonds is 13. The quantitative estimate of drug-likeness (QED) is 0.381. The molecule has 0 heterocycles. The lowest BCUT2D eigenvalue weighted by Gasteiger charge is -2.23. The van der Waals surface area contributed by atoms with Crippen molar-refractivity contribution < 1.29 is 38.6 Å². The van der Waals surface area contributed by atoms with E-state index in [1.807, 2.05) is 30.3 Å². The van der Waals surface area contributed by atoms with E-state index in [0.29, 0.717) is 0 Å². The van der Waals surface area contributed by atoms with E-state index in [1.54, 1.807) is 13.8 Å². The summed E-state index contributed by atoms with van der Waals surface area (Å²) in [5.41, 5.74) is 0.896. The standard InChI is InChI=1S/C22H30N2O8/c1-4-31-19(27)13-16(22(30)32-5-2)20(21(28)29)24-18(26)12-11-17(25)23-14(3)15-9-7-6-8-10-15/h6-10,14,16,20H,4-5,11-13H2,1-3H3,(H,23,25)(H,24,26)(H,28,29)/t14-,16+,20-/m1/s1. The second-order valence-corrected chi connectivity index (χ2v) is 6.95. The average molecular weight is 450 g/mol. The maximum atomic E-state index is 12.3. The molecule has 0 fully saturated rings. The van der Waals surface area contributed by atoms with Crippen LogP contribution in [0.25, 0.3) is 0 Å². The van der Waals surface area contributed by atoms with Gasteiger partial charge < -0.3 is 25.2 Å². The monoisotopic (exact) mass is 450 g/mol. The molecular formula is C22H30N2O8. The molecule has 176 valence electrons. The van der Waals surface area contributed by atoms with Gasteiger partial charge in [0.15, 0.2) is 0 Å². The molecule has 0 aliphatic heterocycles. The summed E-state index contributed by atoms with van der Waals surface area (Å²) < 4.78 is 9.64. The van der Waals surface area contributed by atoms with E-state index in [2.05, 4.69) is 10.6 Å². The number of carboxylic acids is 1. The van der Waals surface area contributed by atoms with E-state index in [-0.39, 0.29) is 32.1 Å². The Balaban J connectivity index is 2.72. The molecule has 0 saturated heterocycles. The Morgan fingerprint density at radius 1 is 0.906 bits per heavy atom. The fourth-order valence-electron chi connectivity index (χ4n) is 2.93. The normalized spacial score (nSPS) is 13.2. The van der Waals surface area contributed by atoms with Crippen molar-refractivity contribution in [2.24, 2.45) is 5.92 Å². The Hall–Kier alpha value is -3.43. The van der Waals surface area contributed by atoms with Crippen molar-refractivity contribution in [2.75, 3.05) is 13.2 Å². The van der Waals surface area contributed by atoms with E-state index >= 15 is 0 Å². The van der Waals surface area contributed by atoms with Crippen LogP contribution in [0.15, 0.2) is 30.3 Å². The van der Waals surface area contributed by atoms with Crippen LogP contribution in [0.1, 0.15) is 51.6 Å². The van der Waals surface area contributed by atoms with Gasteiger partial charge in [-0.25, -0.2) is 4.79 Å². The first-order valence-corrected chi connectivity index (χ1v) is 10.4. The Morgan fingerprint density at radius 2 is 1.47 bits per heavy atom. The third-order valence-electron chi connectivity index (χ3n) is 4.52. The van der Waals surface area contributed by atoms with Crippen LogP contribution in [0.3, 0.4) is 0 Å². The van der Waals surface area contributed by atoms with Crippen molar-refractivity contribution in [2.45, 2.75) is 52.1 Å². The molecule has 0 saturated carbocycles. The van der Waals surface area contributed by atoms with Crippen molar-refractivity contribution in [1.82, 2.24) is 10.6 Å². The van der Waals surface area contributed by atoms with Crippen molar-refractivity contribution in [1.29, 1.82) is 0 Å². The van der Waals surface area contributed by atoms with Gasteiger partial charge >= 0.3 is 17.9 Å². The molecule has 0 radical (unpaired) electrons. The number of benzene rings is 1. The maximum Gasteiger partial charge on any atom is 0.327 e. The predicted molar refractivity (Wildman–Crippen MR) is 113 cm³/mol. The van der Waals surface area contributed by atoms with Gasteiger partial charge in [0.05, 0.1) is 31.6 Å². The molecule has 10 nitrogen and oxygen atoms in total. The Labute approximate surface area is 186 Å². The predicted octanol–water partition coefficient (Wildman–Crippen LogP) is 1.35. The van der Waals surface area contributed by atoms with Gasteiger partial charge in [-0.15, -0.1) is 0 Å². The second-order valence-electron chi connectivity index (χ2n) is 6.95. The molecule has 0 aliphatic rings. The molecule has 3 atom stereocenters. The van der Waals surface area contributed by atoms with Crippen molar-refractivity contribution in [3.63, 3.8) is 0 Å². The van der Waals surface area contributed by atoms with Crippen LogP contribution in [-0.2, 0) is 33.4 Å². The topological polar surface area (TPSA) is 148 Å². The molecule has 1 rings (SSSR count). The van der Waals surface area contributed by atoms with Crippen LogP contribution in [0, 0.1) is 5.92 Å². The van der Waals surface area contributed by atoms with Crippen molar-refractivity contribution >= 4 is 29.7 Å². The summed E-state index contributed by atoms with van der Waals surface area (Å²) in [7, 11) is 0. The third kappa shape index (κ3) is 9.15. The second kappa shape index (κ2) is 13.8. The van der Waals surface area contributed by atoms with E-state index < -0.39 is 48.1 Å². The largest absolute Gasteiger partial charge is 0.480 e. The van der Waals surface area contributed by atoms with Gasteiger partial charge in [-0.1, -0.05) is 30.3 Å². The molecule has 1 aromatic carbocycles. The van der Waals surface area contributed by atoms with E-state index in [1.165, 1.54) is 6.92 Å². The van der Waals surface area contributed by atoms with Crippen LogP contribution >= 0.6 is 0 Å². The summed E-state index contributed by atoms with van der Waals surface area (Å²) in [6, 6.07) is 7.27. The number of esters is 2. The first kappa shape index (κ1) is 26.6. The number of hydrogen-bond donors (Lipinski definition) is 3. The number of nitrogens with one attached hydrogen (secondary N) is 2. The van der Waals surface area contributed by atoms with Gasteiger partial charge in [0, 0.05) is 12.8 Å². The van der Waals surface area contributed by atoms with Gasteiger partial charge in [0.2, 0.25) is 11.8 Å². The third-order valence-corrected chi connectivity index (χ3v) is 4.52. The zero-order valence-corrected chi connectivity index (χ0v) is 18.5. The van der Waals surface area contributed by atoms with E-state index in [4.69, 9.17) is 9.47 Å². The van der Waals surface area contributed by atoms with Crippen molar-refractivity contribution in [3.8, 4) is 0 Å². The highest BCUT2D eigenvalue weighted by atomic mass is 16.5. The SMILES string of the molecule is CCOC(=O)C[C@H](C(=O)OCC)[C@@H](NC(=O)CCC(=O)N[C@H](C)c1ccccc1)C(=O)O. The van der Waals surface area contributed by atoms with Crippen LogP contribution < -0.4 is 10.6 Å². The minimum atomic E-state index is -1.71. The molecule has 0 unspecified atom stereocenters. The summed E-state index contributed by atoms with van der Waals surface area (Å²) >= 11 is 0. The van der Waals surface area contributed by atoms with Crippen LogP contribution in [-0.4, -0.2) is 54.1 Å². The Morgan fingerprint density at radius 3 is 2.00 bits per heavy atom. The zero-order chi connectivity index (χ0) is 24.1. The number of carbonyl (C=O) groups excluding carboxylic acids is 4. The highest BCUT2D eigenvalue weighted by molar-refractivity contribution is 5.91. The van der Waals surface area contributed by atoms with Gasteiger partial charge in [0.1, 0.15) is 6.04 Å². The number of carbonyl (C=O) groups is 5. The molecule has 3 N–H and O–H groups in total. The van der Waals surface area contributed by atoms with Gasteiger partial charge in [0.25, 0.3) is 0 Å². The van der Waals surface area contributed by atoms with Crippen LogP contribution in [0.5, 0.6) is 0 Å². The summed E-state index contributed by atoms with van der Waals surface area (Å²) in [4.78, 5) is 60.2. The first-order chi connectivity index (χ1) is 15.2. The van der Waals surface area contributed by atoms with Crippen molar-refractivity contribution in [3.05, 3.63) is 35.9 Å². The Bertz CT molecular complexity index is 796. The van der Waals surface area contributed by atoms with Gasteiger partial charge in [-0.05, 0) is 26.3 Å². The van der Waals surface area contributed by atoms with Gasteiger partial charge in [-0.2, -0.15) is 0 Å². The lowest BCUT2D eigenvalue weighted by atomic mass is 9.95. The smallest absolute Gasteiger partial charge is 0.327 e. The summed E-state index contributed by atoms with van der Waals surface area (Å²) in [6.07, 6.45) is -1.05. The lowest BCUT2D eigenvalue weighted by Crippen LogP contribution is -2.50. The fourth-order valence-corrected chi connectivity index (χ4v) is 2.93. The molecule has 0 aromatic heterocycles. The van der Waals surface area contributed by atoms with Gasteiger partial charge in [-0.3, -0.25) is 19.2 Å². The molecule has 10 heteroatoms. The highest BCUT2D eigenvalue weighted by Gasteiger charge is 2.38. The minimum Gasteiger partial charge on any atom is -0.480 e. The fraction of sp³-hybridized carbons (Fsp3) is 0.500. The first-order valence-electron chi connectivity index (χ1n) is 10.4. The zero-order valence-electron chi connectivity index (χ0n) is 18.5. The molecule has 32 heavy (non-hydrogen) atoms. The number of aliphatic carboxylic acids is 1. The summed E-state index contributed by atoms with van der Waals surface area (Å²) in [5.74, 6) is -5.86. The Kier molecular flexibility index (Phi) is 11.5. The molecule has 2 amide bonds. The highest BCUT2D eigenvalue weighted by Crippen LogP contribution is 2.15. The number of amides is 2. The van der Waals surface area contributed by atoms with Crippen LogP contribution in [0.4, 0.5) is 0 Å². The summed E-state index contributed by atoms with van der Waals surface area (Å²) in [5, 5.41) is 14.5. The van der Waals surface area contributed by atoms with E-state index in [0.717, 1.165) is 5.56 Å². The lowest BCUT2D eigenvalue weighted by molar-refractivity contribution is -0.160. The summed E-state index contributed by atoms with van der Waals surface area (Å²) in [6.45, 7) is 4.92. The minimum absolute atomic E-state index is 0.0295. The molecule has 1 aromatic rings.